The maximum Gasteiger partial charge on any atom is 0.410 e. The minimum Gasteiger partial charge on any atom is -0.444 e. The lowest BCUT2D eigenvalue weighted by molar-refractivity contribution is -0.0480. The van der Waals surface area contributed by atoms with Gasteiger partial charge in [-0.25, -0.2) is 4.79 Å². The Bertz CT molecular complexity index is 647. The Kier molecular flexibility index (Phi) is 5.55. The number of nitrogens with zero attached hydrogens (tertiary/aromatic N) is 2. The van der Waals surface area contributed by atoms with Gasteiger partial charge in [-0.2, -0.15) is 0 Å². The van der Waals surface area contributed by atoms with E-state index in [0.717, 1.165) is 19.7 Å². The lowest BCUT2D eigenvalue weighted by Gasteiger charge is -2.49. The van der Waals surface area contributed by atoms with Crippen molar-refractivity contribution in [1.29, 1.82) is 0 Å². The monoisotopic (exact) mass is 374 g/mol. The number of rotatable bonds is 5. The van der Waals surface area contributed by atoms with Crippen LogP contribution in [0.2, 0.25) is 0 Å². The fourth-order valence-corrected chi connectivity index (χ4v) is 3.84. The first-order chi connectivity index (χ1) is 12.6. The van der Waals surface area contributed by atoms with Crippen LogP contribution in [0.1, 0.15) is 53.0 Å². The van der Waals surface area contributed by atoms with Crippen LogP contribution in [-0.2, 0) is 16.1 Å². The van der Waals surface area contributed by atoms with Crippen LogP contribution in [-0.4, -0.2) is 58.8 Å². The summed E-state index contributed by atoms with van der Waals surface area (Å²) in [6.07, 6.45) is 2.13. The second-order valence-corrected chi connectivity index (χ2v) is 9.57. The number of hydrogen-bond donors (Lipinski definition) is 0. The van der Waals surface area contributed by atoms with Crippen LogP contribution < -0.4 is 0 Å². The molecule has 5 heteroatoms. The van der Waals surface area contributed by atoms with Crippen LogP contribution in [0.25, 0.3) is 0 Å². The molecule has 0 aromatic heterocycles. The summed E-state index contributed by atoms with van der Waals surface area (Å²) in [5.41, 5.74) is 0.637. The van der Waals surface area contributed by atoms with Crippen LogP contribution >= 0.6 is 0 Å². The van der Waals surface area contributed by atoms with E-state index in [1.54, 1.807) is 0 Å². The van der Waals surface area contributed by atoms with Crippen molar-refractivity contribution in [3.63, 3.8) is 0 Å². The third-order valence-corrected chi connectivity index (χ3v) is 5.50. The van der Waals surface area contributed by atoms with Crippen molar-refractivity contribution in [1.82, 2.24) is 9.80 Å². The molecule has 1 aliphatic heterocycles. The Hall–Kier alpha value is -1.59. The van der Waals surface area contributed by atoms with Gasteiger partial charge in [0.25, 0.3) is 0 Å². The molecule has 1 amide bonds. The molecule has 1 aromatic carbocycles. The highest BCUT2D eigenvalue weighted by molar-refractivity contribution is 5.69. The third kappa shape index (κ3) is 5.02. The number of carbonyl (C=O) groups is 1. The van der Waals surface area contributed by atoms with Crippen LogP contribution in [0.4, 0.5) is 4.79 Å². The molecule has 0 radical (unpaired) electrons. The second kappa shape index (κ2) is 7.44. The van der Waals surface area contributed by atoms with E-state index in [-0.39, 0.29) is 17.2 Å². The second-order valence-electron chi connectivity index (χ2n) is 9.57. The quantitative estimate of drug-likeness (QED) is 0.779. The van der Waals surface area contributed by atoms with Crippen molar-refractivity contribution in [2.45, 2.75) is 70.7 Å². The minimum atomic E-state index is -0.465. The number of carbonyl (C=O) groups excluding carboxylic acids is 1. The molecule has 1 saturated heterocycles. The largest absolute Gasteiger partial charge is 0.444 e. The molecule has 2 fully saturated rings. The summed E-state index contributed by atoms with van der Waals surface area (Å²) < 4.78 is 11.7. The van der Waals surface area contributed by atoms with Crippen molar-refractivity contribution in [3.05, 3.63) is 35.9 Å². The number of benzene rings is 1. The van der Waals surface area contributed by atoms with Crippen LogP contribution in [0.5, 0.6) is 0 Å². The molecule has 1 aliphatic carbocycles. The fourth-order valence-electron chi connectivity index (χ4n) is 3.84. The number of piperazine rings is 1. The first kappa shape index (κ1) is 20.2. The molecule has 0 atom stereocenters. The maximum absolute atomic E-state index is 12.6. The van der Waals surface area contributed by atoms with Crippen molar-refractivity contribution >= 4 is 6.09 Å². The Morgan fingerprint density at radius 3 is 2.33 bits per heavy atom. The average molecular weight is 375 g/mol. The zero-order valence-electron chi connectivity index (χ0n) is 17.5. The van der Waals surface area contributed by atoms with E-state index in [1.807, 2.05) is 43.9 Å². The molecule has 27 heavy (non-hydrogen) atoms. The predicted molar refractivity (Wildman–Crippen MR) is 107 cm³/mol. The lowest BCUT2D eigenvalue weighted by Crippen LogP contribution is -2.64. The standard InChI is InChI=1S/C22H34N2O3/c1-20(2,3)27-19(25)24-14-13-23(16-21(24,4)5)22(11-12-22)17-26-15-18-9-7-6-8-10-18/h6-10H,11-17H2,1-5H3. The Morgan fingerprint density at radius 2 is 1.78 bits per heavy atom. The van der Waals surface area contributed by atoms with Crippen molar-refractivity contribution < 1.29 is 14.3 Å². The first-order valence-corrected chi connectivity index (χ1v) is 9.99. The molecule has 150 valence electrons. The lowest BCUT2D eigenvalue weighted by atomic mass is 9.97. The molecule has 0 bridgehead atoms. The highest BCUT2D eigenvalue weighted by atomic mass is 16.6. The normalized spacial score (nSPS) is 21.7. The fraction of sp³-hybridized carbons (Fsp3) is 0.682. The molecule has 5 nitrogen and oxygen atoms in total. The van der Waals surface area contributed by atoms with Gasteiger partial charge in [0.1, 0.15) is 5.60 Å². The summed E-state index contributed by atoms with van der Waals surface area (Å²) in [6, 6.07) is 10.3. The molecule has 2 aliphatic rings. The molecule has 1 aromatic rings. The molecule has 1 saturated carbocycles. The van der Waals surface area contributed by atoms with E-state index in [0.29, 0.717) is 13.2 Å². The Balaban J connectivity index is 1.55. The average Bonchev–Trinajstić information content (AvgIpc) is 3.34. The summed E-state index contributed by atoms with van der Waals surface area (Å²) >= 11 is 0. The maximum atomic E-state index is 12.6. The van der Waals surface area contributed by atoms with E-state index >= 15 is 0 Å². The number of hydrogen-bond acceptors (Lipinski definition) is 4. The molecule has 0 spiro atoms. The predicted octanol–water partition coefficient (Wildman–Crippen LogP) is 4.07. The van der Waals surface area contributed by atoms with Crippen LogP contribution in [0.15, 0.2) is 30.3 Å². The molecule has 0 unspecified atom stereocenters. The SMILES string of the molecule is CC(C)(C)OC(=O)N1CCN(C2(COCc3ccccc3)CC2)CC1(C)C. The van der Waals surface area contributed by atoms with Gasteiger partial charge in [0.2, 0.25) is 0 Å². The Labute approximate surface area is 163 Å². The summed E-state index contributed by atoms with van der Waals surface area (Å²) in [5, 5.41) is 0. The summed E-state index contributed by atoms with van der Waals surface area (Å²) in [7, 11) is 0. The van der Waals surface area contributed by atoms with Gasteiger partial charge >= 0.3 is 6.09 Å². The van der Waals surface area contributed by atoms with E-state index in [2.05, 4.69) is 30.9 Å². The smallest absolute Gasteiger partial charge is 0.410 e. The third-order valence-electron chi connectivity index (χ3n) is 5.50. The molecule has 0 N–H and O–H groups in total. The van der Waals surface area contributed by atoms with Crippen LogP contribution in [0.3, 0.4) is 0 Å². The van der Waals surface area contributed by atoms with Gasteiger partial charge in [0.15, 0.2) is 0 Å². The van der Waals surface area contributed by atoms with E-state index in [4.69, 9.17) is 9.47 Å². The summed E-state index contributed by atoms with van der Waals surface area (Å²) in [5.74, 6) is 0. The molecular formula is C22H34N2O3. The summed E-state index contributed by atoms with van der Waals surface area (Å²) in [4.78, 5) is 17.0. The van der Waals surface area contributed by atoms with Gasteiger partial charge in [-0.15, -0.1) is 0 Å². The highest BCUT2D eigenvalue weighted by Crippen LogP contribution is 2.44. The minimum absolute atomic E-state index is 0.145. The zero-order chi connectivity index (χ0) is 19.7. The van der Waals surface area contributed by atoms with Gasteiger partial charge in [-0.1, -0.05) is 30.3 Å². The van der Waals surface area contributed by atoms with E-state index in [1.165, 1.54) is 18.4 Å². The zero-order valence-corrected chi connectivity index (χ0v) is 17.5. The van der Waals surface area contributed by atoms with Crippen LogP contribution in [0, 0.1) is 0 Å². The molecule has 1 heterocycles. The van der Waals surface area contributed by atoms with Gasteiger partial charge in [-0.05, 0) is 53.0 Å². The highest BCUT2D eigenvalue weighted by Gasteiger charge is 2.52. The van der Waals surface area contributed by atoms with Gasteiger partial charge < -0.3 is 14.4 Å². The van der Waals surface area contributed by atoms with Gasteiger partial charge in [0.05, 0.1) is 18.8 Å². The van der Waals surface area contributed by atoms with Gasteiger partial charge in [0, 0.05) is 25.2 Å². The van der Waals surface area contributed by atoms with E-state index in [9.17, 15) is 4.79 Å². The van der Waals surface area contributed by atoms with Crippen molar-refractivity contribution in [2.75, 3.05) is 26.2 Å². The first-order valence-electron chi connectivity index (χ1n) is 9.99. The van der Waals surface area contributed by atoms with Crippen molar-refractivity contribution in [3.8, 4) is 0 Å². The van der Waals surface area contributed by atoms with Gasteiger partial charge in [-0.3, -0.25) is 4.90 Å². The van der Waals surface area contributed by atoms with Crippen molar-refractivity contribution in [2.24, 2.45) is 0 Å². The van der Waals surface area contributed by atoms with E-state index < -0.39 is 5.60 Å². The summed E-state index contributed by atoms with van der Waals surface area (Å²) in [6.45, 7) is 13.8. The number of amides is 1. The number of ether oxygens (including phenoxy) is 2. The topological polar surface area (TPSA) is 42.0 Å². The Morgan fingerprint density at radius 1 is 1.11 bits per heavy atom. The molecule has 3 rings (SSSR count). The molecular weight excluding hydrogens is 340 g/mol.